The molecule has 0 saturated carbocycles. The van der Waals surface area contributed by atoms with Gasteiger partial charge >= 0.3 is 12.1 Å². The second kappa shape index (κ2) is 7.59. The smallest absolute Gasteiger partial charge is 0.334 e. The van der Waals surface area contributed by atoms with Gasteiger partial charge in [0, 0.05) is 12.8 Å². The monoisotopic (exact) mass is 469 g/mol. The van der Waals surface area contributed by atoms with Crippen LogP contribution in [0.5, 0.6) is 0 Å². The predicted molar refractivity (Wildman–Crippen MR) is 105 cm³/mol. The molecule has 0 bridgehead atoms. The highest BCUT2D eigenvalue weighted by Crippen LogP contribution is 2.46. The SMILES string of the molecule is CC1(N)C(=O)NC(=O)N([C@H]2C[C@H](O)[C@@H](CO)O2)C1C1C=C2N1C(=O)N2[C@H]1C[C@H](O)[C@@H](CO)O1. The molecular weight excluding hydrogens is 442 g/mol. The lowest BCUT2D eigenvalue weighted by Gasteiger charge is -2.61. The van der Waals surface area contributed by atoms with Crippen molar-refractivity contribution in [2.75, 3.05) is 13.2 Å². The number of carbonyl (C=O) groups excluding carboxylic acids is 3. The van der Waals surface area contributed by atoms with E-state index in [9.17, 15) is 34.8 Å². The summed E-state index contributed by atoms with van der Waals surface area (Å²) in [5.74, 6) is -0.235. The number of amides is 5. The summed E-state index contributed by atoms with van der Waals surface area (Å²) in [7, 11) is 0. The van der Waals surface area contributed by atoms with Crippen LogP contribution in [0.2, 0.25) is 0 Å². The van der Waals surface area contributed by atoms with Gasteiger partial charge in [-0.3, -0.25) is 24.8 Å². The van der Waals surface area contributed by atoms with E-state index < -0.39 is 79.1 Å². The first kappa shape index (κ1) is 22.5. The van der Waals surface area contributed by atoms with Gasteiger partial charge in [0.15, 0.2) is 0 Å². The largest absolute Gasteiger partial charge is 0.394 e. The number of fused-ring (bicyclic) bond motifs is 1. The average molecular weight is 469 g/mol. The summed E-state index contributed by atoms with van der Waals surface area (Å²) in [4.78, 5) is 42.3. The number of nitrogens with one attached hydrogen (secondary N) is 1. The number of rotatable bonds is 5. The van der Waals surface area contributed by atoms with Crippen LogP contribution in [0.4, 0.5) is 9.59 Å². The number of nitrogens with zero attached hydrogens (tertiary/aromatic N) is 3. The van der Waals surface area contributed by atoms with Crippen LogP contribution >= 0.6 is 0 Å². The number of hydrogen-bond donors (Lipinski definition) is 6. The van der Waals surface area contributed by atoms with E-state index in [-0.39, 0.29) is 19.4 Å². The molecule has 3 unspecified atom stereocenters. The third kappa shape index (κ3) is 3.10. The van der Waals surface area contributed by atoms with Crippen molar-refractivity contribution in [2.24, 2.45) is 5.73 Å². The minimum atomic E-state index is -1.60. The molecule has 0 spiro atoms. The molecule has 182 valence electrons. The van der Waals surface area contributed by atoms with E-state index in [1.807, 2.05) is 0 Å². The Kier molecular flexibility index (Phi) is 5.17. The van der Waals surface area contributed by atoms with Crippen molar-refractivity contribution in [1.29, 1.82) is 0 Å². The van der Waals surface area contributed by atoms with Crippen LogP contribution in [0.1, 0.15) is 19.8 Å². The number of imide groups is 1. The van der Waals surface area contributed by atoms with E-state index in [1.165, 1.54) is 21.6 Å². The molecule has 7 N–H and O–H groups in total. The van der Waals surface area contributed by atoms with E-state index >= 15 is 0 Å². The third-order valence-corrected chi connectivity index (χ3v) is 7.07. The fraction of sp³-hybridized carbons (Fsp3) is 0.737. The van der Waals surface area contributed by atoms with E-state index in [0.29, 0.717) is 5.82 Å². The van der Waals surface area contributed by atoms with Crippen molar-refractivity contribution in [1.82, 2.24) is 20.0 Å². The lowest BCUT2D eigenvalue weighted by atomic mass is 9.79. The molecular formula is C19H27N5O9. The molecule has 4 saturated heterocycles. The second-order valence-corrected chi connectivity index (χ2v) is 9.16. The fourth-order valence-corrected chi connectivity index (χ4v) is 5.24. The maximum absolute atomic E-state index is 13.0. The van der Waals surface area contributed by atoms with Gasteiger partial charge in [-0.25, -0.2) is 9.59 Å². The van der Waals surface area contributed by atoms with Crippen molar-refractivity contribution in [2.45, 2.75) is 74.3 Å². The van der Waals surface area contributed by atoms with E-state index in [4.69, 9.17) is 15.2 Å². The number of nitrogens with two attached hydrogens (primary N) is 1. The summed E-state index contributed by atoms with van der Waals surface area (Å²) in [5.41, 5.74) is 4.74. The molecule has 0 aromatic rings. The highest BCUT2D eigenvalue weighted by Gasteiger charge is 2.64. The topological polar surface area (TPSA) is 198 Å². The van der Waals surface area contributed by atoms with E-state index in [2.05, 4.69) is 5.32 Å². The molecule has 5 amide bonds. The van der Waals surface area contributed by atoms with Crippen LogP contribution in [0, 0.1) is 0 Å². The highest BCUT2D eigenvalue weighted by atomic mass is 16.6. The normalized spacial score (nSPS) is 45.0. The van der Waals surface area contributed by atoms with Crippen LogP contribution in [0.15, 0.2) is 11.9 Å². The van der Waals surface area contributed by atoms with Gasteiger partial charge in [0.2, 0.25) is 5.91 Å². The van der Waals surface area contributed by atoms with Gasteiger partial charge in [-0.2, -0.15) is 0 Å². The van der Waals surface area contributed by atoms with Gasteiger partial charge in [-0.15, -0.1) is 0 Å². The van der Waals surface area contributed by atoms with Gasteiger partial charge in [0.25, 0.3) is 0 Å². The van der Waals surface area contributed by atoms with Crippen molar-refractivity contribution in [3.8, 4) is 0 Å². The number of aliphatic hydroxyl groups excluding tert-OH is 4. The zero-order valence-electron chi connectivity index (χ0n) is 17.8. The molecule has 0 aromatic heterocycles. The number of ether oxygens (including phenoxy) is 2. The molecule has 14 nitrogen and oxygen atoms in total. The quantitative estimate of drug-likeness (QED) is 0.235. The van der Waals surface area contributed by atoms with Gasteiger partial charge in [-0.05, 0) is 13.0 Å². The summed E-state index contributed by atoms with van der Waals surface area (Å²) >= 11 is 0. The van der Waals surface area contributed by atoms with Crippen molar-refractivity contribution >= 4 is 18.0 Å². The van der Waals surface area contributed by atoms with E-state index in [1.54, 1.807) is 6.08 Å². The van der Waals surface area contributed by atoms with E-state index in [0.717, 1.165) is 0 Å². The maximum atomic E-state index is 13.0. The number of carbonyl (C=O) groups is 3. The first-order chi connectivity index (χ1) is 15.6. The van der Waals surface area contributed by atoms with Gasteiger partial charge in [0.1, 0.15) is 36.0 Å². The Morgan fingerprint density at radius 1 is 1.06 bits per heavy atom. The average Bonchev–Trinajstić information content (AvgIpc) is 3.29. The molecule has 0 aromatic carbocycles. The lowest BCUT2D eigenvalue weighted by molar-refractivity contribution is -0.142. The van der Waals surface area contributed by atoms with Crippen LogP contribution in [-0.4, -0.2) is 121 Å². The van der Waals surface area contributed by atoms with Crippen LogP contribution in [0.3, 0.4) is 0 Å². The molecule has 5 heterocycles. The second-order valence-electron chi connectivity index (χ2n) is 9.16. The van der Waals surface area contributed by atoms with Gasteiger partial charge in [-0.1, -0.05) is 0 Å². The van der Waals surface area contributed by atoms with Gasteiger partial charge < -0.3 is 35.6 Å². The Bertz CT molecular complexity index is 912. The Balaban J connectivity index is 1.41. The molecule has 5 aliphatic heterocycles. The summed E-state index contributed by atoms with van der Waals surface area (Å²) in [5, 5.41) is 41.0. The number of urea groups is 2. The minimum absolute atomic E-state index is 0.000862. The Labute approximate surface area is 188 Å². The fourth-order valence-electron chi connectivity index (χ4n) is 5.24. The van der Waals surface area contributed by atoms with Crippen molar-refractivity contribution in [3.05, 3.63) is 11.9 Å². The first-order valence-corrected chi connectivity index (χ1v) is 10.8. The summed E-state index contributed by atoms with van der Waals surface area (Å²) < 4.78 is 11.2. The minimum Gasteiger partial charge on any atom is -0.394 e. The number of hydrogen-bond acceptors (Lipinski definition) is 10. The van der Waals surface area contributed by atoms with Crippen LogP contribution < -0.4 is 11.1 Å². The molecule has 9 atom stereocenters. The summed E-state index contributed by atoms with van der Waals surface area (Å²) in [6.07, 6.45) is -3.53. The van der Waals surface area contributed by atoms with Gasteiger partial charge in [0.05, 0.1) is 37.5 Å². The molecule has 5 rings (SSSR count). The Morgan fingerprint density at radius 3 is 2.18 bits per heavy atom. The van der Waals surface area contributed by atoms with Crippen molar-refractivity contribution < 1.29 is 44.3 Å². The molecule has 0 radical (unpaired) electrons. The first-order valence-electron chi connectivity index (χ1n) is 10.8. The standard InChI is InChI=1S/C19H27N5O9/c1-19(20)15(24(17(30)21-16(19)29)14-4-9(28)11(6-26)33-14)7-2-12-22(7)18(31)23(12)13-3-8(27)10(5-25)32-13/h2,7-11,13-15,25-28H,3-6,20H2,1H3,(H,21,29,30)/t7?,8-,9-,10+,11+,13+,14+,15?,19?/m0/s1. The molecule has 4 fully saturated rings. The summed E-state index contributed by atoms with van der Waals surface area (Å²) in [6, 6.07) is -2.99. The summed E-state index contributed by atoms with van der Waals surface area (Å²) in [6.45, 7) is 0.607. The predicted octanol–water partition coefficient (Wildman–Crippen LogP) is -3.48. The zero-order chi connectivity index (χ0) is 23.8. The third-order valence-electron chi connectivity index (χ3n) is 7.07. The zero-order valence-corrected chi connectivity index (χ0v) is 17.8. The molecule has 0 aliphatic carbocycles. The maximum Gasteiger partial charge on any atom is 0.334 e. The Morgan fingerprint density at radius 2 is 1.64 bits per heavy atom. The van der Waals surface area contributed by atoms with Crippen LogP contribution in [0.25, 0.3) is 0 Å². The number of aliphatic hydroxyl groups is 4. The molecule has 5 aliphatic rings. The van der Waals surface area contributed by atoms with Crippen LogP contribution in [-0.2, 0) is 14.3 Å². The lowest BCUT2D eigenvalue weighted by Crippen LogP contribution is -2.82. The van der Waals surface area contributed by atoms with Crippen molar-refractivity contribution in [3.63, 3.8) is 0 Å². The Hall–Kier alpha value is -2.33. The highest BCUT2D eigenvalue weighted by molar-refractivity contribution is 6.03. The molecule has 33 heavy (non-hydrogen) atoms. The molecule has 14 heteroatoms.